The number of amides is 1. The average molecular weight is 556 g/mol. The van der Waals surface area contributed by atoms with E-state index in [1.165, 1.54) is 11.1 Å². The van der Waals surface area contributed by atoms with E-state index in [0.717, 1.165) is 71.0 Å². The Morgan fingerprint density at radius 3 is 2.47 bits per heavy atom. The number of piperazine rings is 1. The van der Waals surface area contributed by atoms with Gasteiger partial charge in [0.05, 0.1) is 0 Å². The molecular weight excluding hydrogens is 517 g/mol. The third-order valence-corrected chi connectivity index (χ3v) is 6.97. The van der Waals surface area contributed by atoms with Crippen molar-refractivity contribution in [3.8, 4) is 0 Å². The molecule has 1 aromatic carbocycles. The number of nitrogens with one attached hydrogen (secondary N) is 1. The van der Waals surface area contributed by atoms with Crippen LogP contribution in [0, 0.1) is 0 Å². The van der Waals surface area contributed by atoms with Crippen molar-refractivity contribution in [1.82, 2.24) is 20.0 Å². The van der Waals surface area contributed by atoms with Gasteiger partial charge < -0.3 is 19.9 Å². The minimum atomic E-state index is -0.223. The van der Waals surface area contributed by atoms with Gasteiger partial charge in [-0.15, -0.1) is 24.0 Å². The zero-order chi connectivity index (χ0) is 21.8. The highest BCUT2D eigenvalue weighted by Crippen LogP contribution is 2.25. The molecule has 2 fully saturated rings. The van der Waals surface area contributed by atoms with Gasteiger partial charge in [-0.25, -0.2) is 0 Å². The molecule has 0 aromatic heterocycles. The molecule has 1 aromatic rings. The number of hydrogen-bond donors (Lipinski definition) is 1. The molecule has 0 saturated carbocycles. The number of nitrogens with zero attached hydrogens (tertiary/aromatic N) is 4. The van der Waals surface area contributed by atoms with E-state index in [9.17, 15) is 4.79 Å². The first-order valence-electron chi connectivity index (χ1n) is 11.7. The Kier molecular flexibility index (Phi) is 8.80. The quantitative estimate of drug-likeness (QED) is 0.351. The molecule has 1 unspecified atom stereocenters. The Bertz CT molecular complexity index is 801. The molecule has 1 atom stereocenters. The van der Waals surface area contributed by atoms with E-state index in [4.69, 9.17) is 4.74 Å². The second kappa shape index (κ2) is 11.2. The molecule has 3 aliphatic rings. The Morgan fingerprint density at radius 2 is 1.81 bits per heavy atom. The summed E-state index contributed by atoms with van der Waals surface area (Å²) in [5, 5.41) is 3.61. The molecule has 0 spiro atoms. The molecule has 0 bridgehead atoms. The van der Waals surface area contributed by atoms with E-state index in [2.05, 4.69) is 58.2 Å². The van der Waals surface area contributed by atoms with E-state index in [1.54, 1.807) is 0 Å². The van der Waals surface area contributed by atoms with E-state index in [-0.39, 0.29) is 41.5 Å². The molecule has 7 nitrogen and oxygen atoms in total. The van der Waals surface area contributed by atoms with Crippen molar-refractivity contribution in [3.63, 3.8) is 0 Å². The molecule has 2 saturated heterocycles. The highest BCUT2D eigenvalue weighted by atomic mass is 127. The van der Waals surface area contributed by atoms with Crippen LogP contribution >= 0.6 is 24.0 Å². The molecule has 0 radical (unpaired) electrons. The summed E-state index contributed by atoms with van der Waals surface area (Å²) in [6, 6.07) is 8.78. The molecule has 178 valence electrons. The fourth-order valence-electron chi connectivity index (χ4n) is 4.87. The van der Waals surface area contributed by atoms with Gasteiger partial charge in [0.25, 0.3) is 5.91 Å². The minimum absolute atomic E-state index is 0. The van der Waals surface area contributed by atoms with E-state index < -0.39 is 0 Å². The van der Waals surface area contributed by atoms with Gasteiger partial charge in [-0.05, 0) is 44.2 Å². The number of rotatable bonds is 4. The van der Waals surface area contributed by atoms with Gasteiger partial charge in [0.15, 0.2) is 5.96 Å². The Balaban J connectivity index is 0.00000289. The number of halogens is 1. The van der Waals surface area contributed by atoms with Gasteiger partial charge >= 0.3 is 0 Å². The number of fused-ring (bicyclic) bond motifs is 1. The van der Waals surface area contributed by atoms with Gasteiger partial charge in [-0.1, -0.05) is 24.3 Å². The highest BCUT2D eigenvalue weighted by molar-refractivity contribution is 14.0. The molecule has 4 rings (SSSR count). The second-order valence-corrected chi connectivity index (χ2v) is 9.47. The summed E-state index contributed by atoms with van der Waals surface area (Å²) in [6.07, 6.45) is 2.73. The fourth-order valence-corrected chi connectivity index (χ4v) is 4.87. The molecule has 1 N–H and O–H groups in total. The monoisotopic (exact) mass is 555 g/mol. The first-order chi connectivity index (χ1) is 15.0. The summed E-state index contributed by atoms with van der Waals surface area (Å²) in [7, 11) is 1.84. The van der Waals surface area contributed by atoms with Crippen molar-refractivity contribution in [2.45, 2.75) is 51.3 Å². The minimum Gasteiger partial charge on any atom is -0.368 e. The smallest absolute Gasteiger partial charge is 0.251 e. The van der Waals surface area contributed by atoms with Crippen LogP contribution in [0.5, 0.6) is 0 Å². The third kappa shape index (κ3) is 5.75. The lowest BCUT2D eigenvalue weighted by molar-refractivity contribution is -0.142. The van der Waals surface area contributed by atoms with E-state index >= 15 is 0 Å². The highest BCUT2D eigenvalue weighted by Gasteiger charge is 2.33. The number of hydrogen-bond acceptors (Lipinski definition) is 4. The van der Waals surface area contributed by atoms with Gasteiger partial charge in [-0.3, -0.25) is 14.7 Å². The van der Waals surface area contributed by atoms with Crippen LogP contribution in [0.1, 0.15) is 37.8 Å². The Hall–Kier alpha value is -1.39. The SMILES string of the molecule is CN=C(NCC(C)(C)N1CCc2ccccc2C1)N1CCN(C(=O)C2CCCO2)CC1.I. The van der Waals surface area contributed by atoms with Crippen LogP contribution in [-0.2, 0) is 22.5 Å². The van der Waals surface area contributed by atoms with Crippen LogP contribution in [0.25, 0.3) is 0 Å². The van der Waals surface area contributed by atoms with Crippen molar-refractivity contribution in [1.29, 1.82) is 0 Å². The summed E-state index contributed by atoms with van der Waals surface area (Å²) in [4.78, 5) is 23.9. The molecule has 3 aliphatic heterocycles. The molecule has 0 aliphatic carbocycles. The maximum Gasteiger partial charge on any atom is 0.251 e. The van der Waals surface area contributed by atoms with Crippen LogP contribution in [-0.4, -0.2) is 91.1 Å². The number of aliphatic imine (C=N–C) groups is 1. The maximum absolute atomic E-state index is 12.6. The van der Waals surface area contributed by atoms with Crippen LogP contribution in [0.2, 0.25) is 0 Å². The molecular formula is C24H38IN5O2. The zero-order valence-electron chi connectivity index (χ0n) is 19.7. The number of benzene rings is 1. The maximum atomic E-state index is 12.6. The lowest BCUT2D eigenvalue weighted by Crippen LogP contribution is -2.58. The summed E-state index contributed by atoms with van der Waals surface area (Å²) >= 11 is 0. The van der Waals surface area contributed by atoms with Crippen molar-refractivity contribution in [2.75, 3.05) is 52.9 Å². The molecule has 1 amide bonds. The lowest BCUT2D eigenvalue weighted by atomic mass is 9.94. The van der Waals surface area contributed by atoms with E-state index in [0.29, 0.717) is 6.61 Å². The summed E-state index contributed by atoms with van der Waals surface area (Å²) in [6.45, 7) is 11.3. The third-order valence-electron chi connectivity index (χ3n) is 6.97. The number of guanidine groups is 1. The molecule has 3 heterocycles. The average Bonchev–Trinajstić information content (AvgIpc) is 3.34. The van der Waals surface area contributed by atoms with Crippen LogP contribution in [0.15, 0.2) is 29.3 Å². The Labute approximate surface area is 209 Å². The van der Waals surface area contributed by atoms with Crippen molar-refractivity contribution in [2.24, 2.45) is 4.99 Å². The fraction of sp³-hybridized carbons (Fsp3) is 0.667. The van der Waals surface area contributed by atoms with Crippen molar-refractivity contribution < 1.29 is 9.53 Å². The van der Waals surface area contributed by atoms with Gasteiger partial charge in [0, 0.05) is 65.0 Å². The van der Waals surface area contributed by atoms with Crippen LogP contribution in [0.4, 0.5) is 0 Å². The second-order valence-electron chi connectivity index (χ2n) is 9.47. The predicted octanol–water partition coefficient (Wildman–Crippen LogP) is 2.34. The predicted molar refractivity (Wildman–Crippen MR) is 139 cm³/mol. The summed E-state index contributed by atoms with van der Waals surface area (Å²) in [5.41, 5.74) is 2.94. The number of ether oxygens (including phenoxy) is 1. The molecule has 32 heavy (non-hydrogen) atoms. The van der Waals surface area contributed by atoms with Crippen LogP contribution < -0.4 is 5.32 Å². The largest absolute Gasteiger partial charge is 0.368 e. The van der Waals surface area contributed by atoms with Gasteiger partial charge in [0.2, 0.25) is 0 Å². The first kappa shape index (κ1) is 25.2. The first-order valence-corrected chi connectivity index (χ1v) is 11.7. The van der Waals surface area contributed by atoms with Gasteiger partial charge in [0.1, 0.15) is 6.10 Å². The van der Waals surface area contributed by atoms with Crippen molar-refractivity contribution in [3.05, 3.63) is 35.4 Å². The summed E-state index contributed by atoms with van der Waals surface area (Å²) < 4.78 is 5.57. The van der Waals surface area contributed by atoms with Crippen LogP contribution in [0.3, 0.4) is 0 Å². The van der Waals surface area contributed by atoms with E-state index in [1.807, 2.05) is 11.9 Å². The normalized spacial score (nSPS) is 22.3. The standard InChI is InChI=1S/C24H37N5O2.HI/c1-24(2,29-11-10-19-7-4-5-8-20(19)17-29)18-26-23(25-3)28-14-12-27(13-15-28)22(30)21-9-6-16-31-21;/h4-5,7-8,21H,6,9-18H2,1-3H3,(H,25,26);1H. The number of carbonyl (C=O) groups excluding carboxylic acids is 1. The van der Waals surface area contributed by atoms with Crippen molar-refractivity contribution >= 4 is 35.8 Å². The Morgan fingerprint density at radius 1 is 1.12 bits per heavy atom. The molecule has 8 heteroatoms. The number of carbonyl (C=O) groups is 1. The zero-order valence-corrected chi connectivity index (χ0v) is 22.0. The summed E-state index contributed by atoms with van der Waals surface area (Å²) in [5.74, 6) is 1.08. The van der Waals surface area contributed by atoms with Gasteiger partial charge in [-0.2, -0.15) is 0 Å². The lowest BCUT2D eigenvalue weighted by Gasteiger charge is -2.43. The topological polar surface area (TPSA) is 60.4 Å².